The Balaban J connectivity index is 1.51. The van der Waals surface area contributed by atoms with Gasteiger partial charge in [-0.1, -0.05) is 48.2 Å². The van der Waals surface area contributed by atoms with Gasteiger partial charge in [0.25, 0.3) is 0 Å². The zero-order valence-corrected chi connectivity index (χ0v) is 17.3. The molecule has 1 atom stereocenters. The summed E-state index contributed by atoms with van der Waals surface area (Å²) in [6.07, 6.45) is 0. The summed E-state index contributed by atoms with van der Waals surface area (Å²) in [5.41, 5.74) is 2.20. The predicted molar refractivity (Wildman–Crippen MR) is 116 cm³/mol. The number of carbonyl (C=O) groups excluding carboxylic acids is 1. The van der Waals surface area contributed by atoms with Gasteiger partial charge in [0.15, 0.2) is 0 Å². The maximum absolute atomic E-state index is 13.0. The highest BCUT2D eigenvalue weighted by molar-refractivity contribution is 8.00. The zero-order valence-electron chi connectivity index (χ0n) is 16.5. The molecule has 2 aromatic carbocycles. The predicted octanol–water partition coefficient (Wildman–Crippen LogP) is 2.64. The molecule has 4 rings (SSSR count). The van der Waals surface area contributed by atoms with Crippen LogP contribution in [0, 0.1) is 0 Å². The molecule has 2 aromatic heterocycles. The number of aromatic amines is 1. The van der Waals surface area contributed by atoms with Crippen molar-refractivity contribution in [3.63, 3.8) is 0 Å². The molecule has 0 saturated carbocycles. The molecule has 0 aliphatic carbocycles. The highest BCUT2D eigenvalue weighted by atomic mass is 32.2. The molecule has 0 aliphatic heterocycles. The zero-order chi connectivity index (χ0) is 21.1. The summed E-state index contributed by atoms with van der Waals surface area (Å²) in [7, 11) is 1.73. The van der Waals surface area contributed by atoms with E-state index in [1.807, 2.05) is 61.5 Å². The minimum absolute atomic E-state index is 0.0769. The Labute approximate surface area is 176 Å². The summed E-state index contributed by atoms with van der Waals surface area (Å²) >= 11 is 1.29. The normalized spacial score (nSPS) is 12.1. The number of amides is 1. The van der Waals surface area contributed by atoms with Gasteiger partial charge in [-0.3, -0.25) is 9.59 Å². The number of para-hydroxylation sites is 2. The van der Waals surface area contributed by atoms with Crippen LogP contribution in [0.5, 0.6) is 0 Å². The lowest BCUT2D eigenvalue weighted by Crippen LogP contribution is -2.33. The maximum Gasteiger partial charge on any atom is 0.248 e. The van der Waals surface area contributed by atoms with Gasteiger partial charge in [0.1, 0.15) is 0 Å². The lowest BCUT2D eigenvalue weighted by molar-refractivity contribution is -0.129. The summed E-state index contributed by atoms with van der Waals surface area (Å²) in [5, 5.41) is 12.9. The number of aromatic nitrogens is 5. The fourth-order valence-corrected chi connectivity index (χ4v) is 4.17. The van der Waals surface area contributed by atoms with Crippen molar-refractivity contribution in [2.75, 3.05) is 7.05 Å². The van der Waals surface area contributed by atoms with E-state index in [9.17, 15) is 9.59 Å². The van der Waals surface area contributed by atoms with Gasteiger partial charge in [-0.2, -0.15) is 4.68 Å². The Morgan fingerprint density at radius 1 is 1.17 bits per heavy atom. The van der Waals surface area contributed by atoms with Crippen LogP contribution in [0.2, 0.25) is 0 Å². The van der Waals surface area contributed by atoms with Crippen LogP contribution in [0.25, 0.3) is 16.6 Å². The highest BCUT2D eigenvalue weighted by Crippen LogP contribution is 2.25. The minimum Gasteiger partial charge on any atom is -0.340 e. The standard InChI is InChI=1S/C21H20N6O2S/c1-14(30-21-23-24-25-27(21)16-8-4-3-5-9-16)20(29)26(2)13-15-12-19(28)22-18-11-7-6-10-17(15)18/h3-12,14H,13H2,1-2H3,(H,22,28)/t14-/m0/s1. The molecular formula is C21H20N6O2S. The fraction of sp³-hybridized carbons (Fsp3) is 0.190. The first-order valence-corrected chi connectivity index (χ1v) is 10.3. The van der Waals surface area contributed by atoms with Crippen molar-refractivity contribution >= 4 is 28.6 Å². The topological polar surface area (TPSA) is 96.8 Å². The Morgan fingerprint density at radius 3 is 2.70 bits per heavy atom. The van der Waals surface area contributed by atoms with E-state index in [1.54, 1.807) is 22.7 Å². The Bertz CT molecular complexity index is 1240. The minimum atomic E-state index is -0.406. The first-order chi connectivity index (χ1) is 14.5. The summed E-state index contributed by atoms with van der Waals surface area (Å²) in [5.74, 6) is -0.0769. The van der Waals surface area contributed by atoms with Crippen molar-refractivity contribution in [1.82, 2.24) is 30.1 Å². The Kier molecular flexibility index (Phi) is 5.62. The van der Waals surface area contributed by atoms with E-state index >= 15 is 0 Å². The third-order valence-corrected chi connectivity index (χ3v) is 5.71. The first kappa shape index (κ1) is 19.8. The number of nitrogens with one attached hydrogen (secondary N) is 1. The van der Waals surface area contributed by atoms with Crippen LogP contribution in [0.4, 0.5) is 0 Å². The largest absolute Gasteiger partial charge is 0.340 e. The van der Waals surface area contributed by atoms with Gasteiger partial charge in [0.05, 0.1) is 10.9 Å². The molecule has 0 spiro atoms. The lowest BCUT2D eigenvalue weighted by atomic mass is 10.1. The van der Waals surface area contributed by atoms with Crippen molar-refractivity contribution in [2.45, 2.75) is 23.9 Å². The van der Waals surface area contributed by atoms with Gasteiger partial charge < -0.3 is 9.88 Å². The number of rotatable bonds is 6. The van der Waals surface area contributed by atoms with E-state index in [0.717, 1.165) is 22.2 Å². The summed E-state index contributed by atoms with van der Waals surface area (Å²) in [6, 6.07) is 18.6. The molecule has 4 aromatic rings. The molecule has 0 fully saturated rings. The number of nitrogens with zero attached hydrogens (tertiary/aromatic N) is 5. The van der Waals surface area contributed by atoms with Gasteiger partial charge in [0.2, 0.25) is 16.6 Å². The number of thioether (sulfide) groups is 1. The SMILES string of the molecule is C[C@H](Sc1nnnn1-c1ccccc1)C(=O)N(C)Cc1cc(=O)[nH]c2ccccc12. The van der Waals surface area contributed by atoms with Crippen molar-refractivity contribution in [1.29, 1.82) is 0 Å². The van der Waals surface area contributed by atoms with Crippen LogP contribution in [0.1, 0.15) is 12.5 Å². The third-order valence-electron chi connectivity index (χ3n) is 4.69. The summed E-state index contributed by atoms with van der Waals surface area (Å²) in [4.78, 5) is 29.4. The van der Waals surface area contributed by atoms with Crippen LogP contribution < -0.4 is 5.56 Å². The number of tetrazole rings is 1. The Hall–Kier alpha value is -3.46. The molecule has 0 saturated heterocycles. The Morgan fingerprint density at radius 2 is 1.90 bits per heavy atom. The van der Waals surface area contributed by atoms with Crippen LogP contribution in [-0.4, -0.2) is 48.3 Å². The number of pyridine rings is 1. The van der Waals surface area contributed by atoms with Gasteiger partial charge >= 0.3 is 0 Å². The molecule has 0 radical (unpaired) electrons. The molecular weight excluding hydrogens is 400 g/mol. The molecule has 152 valence electrons. The molecule has 0 bridgehead atoms. The second kappa shape index (κ2) is 8.50. The molecule has 0 unspecified atom stereocenters. The number of hydrogen-bond donors (Lipinski definition) is 1. The molecule has 1 N–H and O–H groups in total. The van der Waals surface area contributed by atoms with Crippen LogP contribution in [0.15, 0.2) is 70.6 Å². The van der Waals surface area contributed by atoms with Gasteiger partial charge in [-0.15, -0.1) is 5.10 Å². The molecule has 30 heavy (non-hydrogen) atoms. The van der Waals surface area contributed by atoms with Crippen molar-refractivity contribution in [3.8, 4) is 5.69 Å². The molecule has 2 heterocycles. The molecule has 1 amide bonds. The highest BCUT2D eigenvalue weighted by Gasteiger charge is 2.22. The number of carbonyl (C=O) groups is 1. The van der Waals surface area contributed by atoms with Gasteiger partial charge in [0, 0.05) is 30.6 Å². The lowest BCUT2D eigenvalue weighted by Gasteiger charge is -2.21. The smallest absolute Gasteiger partial charge is 0.248 e. The van der Waals surface area contributed by atoms with E-state index in [0.29, 0.717) is 11.7 Å². The maximum atomic E-state index is 13.0. The monoisotopic (exact) mass is 420 g/mol. The third kappa shape index (κ3) is 4.11. The number of H-pyrrole nitrogens is 1. The number of hydrogen-bond acceptors (Lipinski definition) is 6. The fourth-order valence-electron chi connectivity index (χ4n) is 3.24. The van der Waals surface area contributed by atoms with Crippen molar-refractivity contribution in [2.24, 2.45) is 0 Å². The average molecular weight is 420 g/mol. The molecule has 9 heteroatoms. The first-order valence-electron chi connectivity index (χ1n) is 9.39. The van der Waals surface area contributed by atoms with E-state index in [4.69, 9.17) is 0 Å². The van der Waals surface area contributed by atoms with Gasteiger partial charge in [-0.25, -0.2) is 0 Å². The summed E-state index contributed by atoms with van der Waals surface area (Å²) in [6.45, 7) is 2.15. The van der Waals surface area contributed by atoms with Gasteiger partial charge in [-0.05, 0) is 41.1 Å². The summed E-state index contributed by atoms with van der Waals surface area (Å²) < 4.78 is 1.61. The van der Waals surface area contributed by atoms with E-state index in [2.05, 4.69) is 20.5 Å². The van der Waals surface area contributed by atoms with Crippen LogP contribution in [-0.2, 0) is 11.3 Å². The van der Waals surface area contributed by atoms with Crippen LogP contribution in [0.3, 0.4) is 0 Å². The van der Waals surface area contributed by atoms with Crippen molar-refractivity contribution < 1.29 is 4.79 Å². The molecule has 8 nitrogen and oxygen atoms in total. The van der Waals surface area contributed by atoms with E-state index in [1.165, 1.54) is 11.8 Å². The van der Waals surface area contributed by atoms with Crippen molar-refractivity contribution in [3.05, 3.63) is 76.6 Å². The van der Waals surface area contributed by atoms with E-state index < -0.39 is 5.25 Å². The average Bonchev–Trinajstić information content (AvgIpc) is 3.21. The van der Waals surface area contributed by atoms with E-state index in [-0.39, 0.29) is 11.5 Å². The number of fused-ring (bicyclic) bond motifs is 1. The molecule has 0 aliphatic rings. The quantitative estimate of drug-likeness (QED) is 0.482. The number of benzene rings is 2. The second-order valence-electron chi connectivity index (χ2n) is 6.87. The van der Waals surface area contributed by atoms with Crippen LogP contribution >= 0.6 is 11.8 Å². The second-order valence-corrected chi connectivity index (χ2v) is 8.18.